The molecule has 2 amide bonds. The van der Waals surface area contributed by atoms with Crippen LogP contribution >= 0.6 is 0 Å². The fraction of sp³-hybridized carbons (Fsp3) is 0.600. The Bertz CT molecular complexity index is 731. The van der Waals surface area contributed by atoms with Crippen molar-refractivity contribution in [3.05, 3.63) is 39.9 Å². The summed E-state index contributed by atoms with van der Waals surface area (Å²) < 4.78 is 0. The predicted molar refractivity (Wildman–Crippen MR) is 105 cm³/mol. The molecule has 152 valence electrons. The van der Waals surface area contributed by atoms with Crippen molar-refractivity contribution in [2.75, 3.05) is 39.3 Å². The Morgan fingerprint density at radius 3 is 2.57 bits per heavy atom. The lowest BCUT2D eigenvalue weighted by Gasteiger charge is -2.39. The fourth-order valence-corrected chi connectivity index (χ4v) is 4.04. The molecule has 8 heteroatoms. The average molecular weight is 388 g/mol. The molecule has 2 aliphatic rings. The van der Waals surface area contributed by atoms with E-state index in [9.17, 15) is 19.7 Å². The number of non-ortho nitro benzene ring substituents is 1. The minimum atomic E-state index is -0.378. The SMILES string of the molecule is CCC(=O)N1CCCC(C(=O)N2CCN(Cc3cccc([N+](=O)[O-])c3)CC2)C1. The molecule has 8 nitrogen and oxygen atoms in total. The lowest BCUT2D eigenvalue weighted by atomic mass is 9.96. The number of carbonyl (C=O) groups is 2. The first-order chi connectivity index (χ1) is 13.5. The first-order valence-electron chi connectivity index (χ1n) is 10.00. The maximum absolute atomic E-state index is 12.9. The number of hydrogen-bond acceptors (Lipinski definition) is 5. The van der Waals surface area contributed by atoms with Gasteiger partial charge in [0.1, 0.15) is 0 Å². The summed E-state index contributed by atoms with van der Waals surface area (Å²) in [6, 6.07) is 6.71. The predicted octanol–water partition coefficient (Wildman–Crippen LogP) is 1.89. The highest BCUT2D eigenvalue weighted by molar-refractivity contribution is 5.81. The highest BCUT2D eigenvalue weighted by Crippen LogP contribution is 2.21. The topological polar surface area (TPSA) is 87.0 Å². The second kappa shape index (κ2) is 9.14. The Labute approximate surface area is 165 Å². The van der Waals surface area contributed by atoms with Gasteiger partial charge in [-0.1, -0.05) is 19.1 Å². The van der Waals surface area contributed by atoms with Crippen molar-refractivity contribution in [2.45, 2.75) is 32.7 Å². The highest BCUT2D eigenvalue weighted by atomic mass is 16.6. The van der Waals surface area contributed by atoms with E-state index in [0.717, 1.165) is 38.0 Å². The average Bonchev–Trinajstić information content (AvgIpc) is 2.73. The quantitative estimate of drug-likeness (QED) is 0.568. The number of hydrogen-bond donors (Lipinski definition) is 0. The van der Waals surface area contributed by atoms with Crippen LogP contribution in [0.15, 0.2) is 24.3 Å². The number of carbonyl (C=O) groups excluding carboxylic acids is 2. The standard InChI is InChI=1S/C20H28N4O4/c1-2-19(25)23-8-4-6-17(15-23)20(26)22-11-9-21(10-12-22)14-16-5-3-7-18(13-16)24(27)28/h3,5,7,13,17H,2,4,6,8-12,14-15H2,1H3. The summed E-state index contributed by atoms with van der Waals surface area (Å²) in [6.45, 7) is 6.61. The van der Waals surface area contributed by atoms with Crippen molar-refractivity contribution in [1.82, 2.24) is 14.7 Å². The van der Waals surface area contributed by atoms with Gasteiger partial charge in [-0.05, 0) is 18.4 Å². The first-order valence-corrected chi connectivity index (χ1v) is 10.00. The van der Waals surface area contributed by atoms with E-state index in [4.69, 9.17) is 0 Å². The molecule has 2 saturated heterocycles. The molecule has 0 aliphatic carbocycles. The van der Waals surface area contributed by atoms with Crippen molar-refractivity contribution in [2.24, 2.45) is 5.92 Å². The first kappa shape index (κ1) is 20.3. The molecule has 0 saturated carbocycles. The van der Waals surface area contributed by atoms with Gasteiger partial charge in [0.25, 0.3) is 5.69 Å². The van der Waals surface area contributed by atoms with Gasteiger partial charge in [0.05, 0.1) is 10.8 Å². The van der Waals surface area contributed by atoms with E-state index in [0.29, 0.717) is 32.6 Å². The van der Waals surface area contributed by atoms with E-state index in [1.54, 1.807) is 12.1 Å². The van der Waals surface area contributed by atoms with Crippen molar-refractivity contribution in [3.8, 4) is 0 Å². The smallest absolute Gasteiger partial charge is 0.269 e. The van der Waals surface area contributed by atoms with Crippen LogP contribution in [0.3, 0.4) is 0 Å². The largest absolute Gasteiger partial charge is 0.342 e. The number of piperazine rings is 1. The van der Waals surface area contributed by atoms with Gasteiger partial charge in [0, 0.05) is 64.4 Å². The third kappa shape index (κ3) is 4.86. The highest BCUT2D eigenvalue weighted by Gasteiger charge is 2.32. The molecule has 0 spiro atoms. The van der Waals surface area contributed by atoms with Crippen LogP contribution in [0.25, 0.3) is 0 Å². The maximum atomic E-state index is 12.9. The number of likely N-dealkylation sites (tertiary alicyclic amines) is 1. The number of benzene rings is 1. The van der Waals surface area contributed by atoms with Gasteiger partial charge < -0.3 is 9.80 Å². The zero-order chi connectivity index (χ0) is 20.1. The summed E-state index contributed by atoms with van der Waals surface area (Å²) in [4.78, 5) is 41.3. The normalized spacial score (nSPS) is 20.8. The molecular weight excluding hydrogens is 360 g/mol. The fourth-order valence-electron chi connectivity index (χ4n) is 4.04. The third-order valence-corrected chi connectivity index (χ3v) is 5.64. The van der Waals surface area contributed by atoms with Crippen LogP contribution in [0.2, 0.25) is 0 Å². The number of nitro groups is 1. The molecule has 0 bridgehead atoms. The summed E-state index contributed by atoms with van der Waals surface area (Å²) in [5.41, 5.74) is 1.02. The molecule has 1 unspecified atom stereocenters. The molecule has 0 radical (unpaired) electrons. The lowest BCUT2D eigenvalue weighted by molar-refractivity contribution is -0.384. The van der Waals surface area contributed by atoms with Crippen LogP contribution in [0.5, 0.6) is 0 Å². The third-order valence-electron chi connectivity index (χ3n) is 5.64. The molecule has 0 N–H and O–H groups in total. The molecular formula is C20H28N4O4. The molecule has 2 aliphatic heterocycles. The minimum Gasteiger partial charge on any atom is -0.342 e. The summed E-state index contributed by atoms with van der Waals surface area (Å²) in [6.07, 6.45) is 2.21. The van der Waals surface area contributed by atoms with Crippen molar-refractivity contribution >= 4 is 17.5 Å². The van der Waals surface area contributed by atoms with Gasteiger partial charge in [-0.25, -0.2) is 0 Å². The molecule has 28 heavy (non-hydrogen) atoms. The van der Waals surface area contributed by atoms with E-state index in [1.807, 2.05) is 22.8 Å². The Morgan fingerprint density at radius 2 is 1.89 bits per heavy atom. The maximum Gasteiger partial charge on any atom is 0.269 e. The Hall–Kier alpha value is -2.48. The molecule has 1 atom stereocenters. The van der Waals surface area contributed by atoms with Crippen molar-refractivity contribution < 1.29 is 14.5 Å². The van der Waals surface area contributed by atoms with Gasteiger partial charge >= 0.3 is 0 Å². The number of nitro benzene ring substituents is 1. The lowest BCUT2D eigenvalue weighted by Crippen LogP contribution is -2.52. The molecule has 2 fully saturated rings. The van der Waals surface area contributed by atoms with Crippen LogP contribution in [0.4, 0.5) is 5.69 Å². The second-order valence-corrected chi connectivity index (χ2v) is 7.56. The van der Waals surface area contributed by atoms with Crippen molar-refractivity contribution in [3.63, 3.8) is 0 Å². The van der Waals surface area contributed by atoms with E-state index < -0.39 is 0 Å². The molecule has 2 heterocycles. The second-order valence-electron chi connectivity index (χ2n) is 7.56. The van der Waals surface area contributed by atoms with E-state index >= 15 is 0 Å². The molecule has 1 aromatic carbocycles. The van der Waals surface area contributed by atoms with Crippen LogP contribution in [0.1, 0.15) is 31.7 Å². The number of rotatable bonds is 5. The zero-order valence-corrected chi connectivity index (χ0v) is 16.4. The van der Waals surface area contributed by atoms with E-state index in [-0.39, 0.29) is 28.3 Å². The Morgan fingerprint density at radius 1 is 1.14 bits per heavy atom. The summed E-state index contributed by atoms with van der Waals surface area (Å²) >= 11 is 0. The summed E-state index contributed by atoms with van der Waals surface area (Å²) in [7, 11) is 0. The van der Waals surface area contributed by atoms with Crippen LogP contribution < -0.4 is 0 Å². The summed E-state index contributed by atoms with van der Waals surface area (Å²) in [5, 5.41) is 10.9. The number of amides is 2. The Balaban J connectivity index is 1.51. The van der Waals surface area contributed by atoms with Gasteiger partial charge in [-0.3, -0.25) is 24.6 Å². The Kier molecular flexibility index (Phi) is 6.61. The van der Waals surface area contributed by atoms with Crippen LogP contribution in [-0.4, -0.2) is 70.7 Å². The van der Waals surface area contributed by atoms with Crippen LogP contribution in [-0.2, 0) is 16.1 Å². The molecule has 0 aromatic heterocycles. The van der Waals surface area contributed by atoms with Gasteiger partial charge in [0.2, 0.25) is 11.8 Å². The summed E-state index contributed by atoms with van der Waals surface area (Å²) in [5.74, 6) is 0.190. The minimum absolute atomic E-state index is 0.0902. The molecule has 1 aromatic rings. The van der Waals surface area contributed by atoms with Gasteiger partial charge in [-0.2, -0.15) is 0 Å². The molecule has 3 rings (SSSR count). The number of piperidine rings is 1. The van der Waals surface area contributed by atoms with E-state index in [2.05, 4.69) is 4.90 Å². The van der Waals surface area contributed by atoms with Gasteiger partial charge in [0.15, 0.2) is 0 Å². The van der Waals surface area contributed by atoms with Crippen LogP contribution in [0, 0.1) is 16.0 Å². The number of nitrogens with zero attached hydrogens (tertiary/aromatic N) is 4. The van der Waals surface area contributed by atoms with E-state index in [1.165, 1.54) is 6.07 Å². The van der Waals surface area contributed by atoms with Gasteiger partial charge in [-0.15, -0.1) is 0 Å². The monoisotopic (exact) mass is 388 g/mol. The van der Waals surface area contributed by atoms with Crippen molar-refractivity contribution in [1.29, 1.82) is 0 Å². The zero-order valence-electron chi connectivity index (χ0n) is 16.4.